The molecular formula is C14H9F4N3O. The number of hydrogen-bond acceptors (Lipinski definition) is 3. The van der Waals surface area contributed by atoms with Crippen molar-refractivity contribution in [2.24, 2.45) is 0 Å². The molecule has 0 fully saturated rings. The molecule has 0 aliphatic heterocycles. The third-order valence-corrected chi connectivity index (χ3v) is 3.24. The summed E-state index contributed by atoms with van der Waals surface area (Å²) >= 11 is 0. The van der Waals surface area contributed by atoms with Crippen LogP contribution in [0.1, 0.15) is 22.9 Å². The van der Waals surface area contributed by atoms with Gasteiger partial charge in [0.15, 0.2) is 5.65 Å². The predicted molar refractivity (Wildman–Crippen MR) is 68.5 cm³/mol. The maximum atomic E-state index is 13.8. The maximum Gasteiger partial charge on any atom is 0.416 e. The monoisotopic (exact) mass is 311 g/mol. The lowest BCUT2D eigenvalue weighted by Gasteiger charge is -2.14. The molecule has 0 spiro atoms. The van der Waals surface area contributed by atoms with Crippen molar-refractivity contribution in [3.8, 4) is 0 Å². The molecule has 2 heterocycles. The first-order chi connectivity index (χ1) is 10.4. The number of aliphatic hydroxyl groups excluding tert-OH is 1. The van der Waals surface area contributed by atoms with Crippen LogP contribution in [-0.2, 0) is 6.18 Å². The summed E-state index contributed by atoms with van der Waals surface area (Å²) in [5.74, 6) is -0.926. The van der Waals surface area contributed by atoms with Crippen molar-refractivity contribution < 1.29 is 22.7 Å². The number of aliphatic hydroxyl groups is 1. The third-order valence-electron chi connectivity index (χ3n) is 3.24. The van der Waals surface area contributed by atoms with Crippen LogP contribution in [0, 0.1) is 5.82 Å². The van der Waals surface area contributed by atoms with Gasteiger partial charge in [0, 0.05) is 18.0 Å². The standard InChI is InChI=1S/C14H9F4N3O/c15-10-2-1-8(14(16,17)18)5-9(10)13(22)11-6-20-12-7-19-3-4-21(11)12/h1-7,13,22H. The van der Waals surface area contributed by atoms with Crippen molar-refractivity contribution in [1.29, 1.82) is 0 Å². The fraction of sp³-hybridized carbons (Fsp3) is 0.143. The van der Waals surface area contributed by atoms with Gasteiger partial charge in [-0.2, -0.15) is 13.2 Å². The summed E-state index contributed by atoms with van der Waals surface area (Å²) in [5.41, 5.74) is -0.952. The van der Waals surface area contributed by atoms with Gasteiger partial charge in [-0.05, 0) is 18.2 Å². The number of alkyl halides is 3. The number of benzene rings is 1. The van der Waals surface area contributed by atoms with E-state index in [-0.39, 0.29) is 5.69 Å². The minimum absolute atomic E-state index is 0.149. The summed E-state index contributed by atoms with van der Waals surface area (Å²) < 4.78 is 53.4. The molecule has 0 saturated heterocycles. The SMILES string of the molecule is OC(c1cc(C(F)(F)F)ccc1F)c1cnc2cnccn12. The van der Waals surface area contributed by atoms with Crippen LogP contribution in [0.2, 0.25) is 0 Å². The van der Waals surface area contributed by atoms with Gasteiger partial charge in [-0.25, -0.2) is 9.37 Å². The highest BCUT2D eigenvalue weighted by atomic mass is 19.4. The van der Waals surface area contributed by atoms with E-state index in [2.05, 4.69) is 9.97 Å². The first kappa shape index (κ1) is 14.5. The number of halogens is 4. The summed E-state index contributed by atoms with van der Waals surface area (Å²) in [6, 6.07) is 1.91. The molecule has 1 N–H and O–H groups in total. The quantitative estimate of drug-likeness (QED) is 0.740. The van der Waals surface area contributed by atoms with Gasteiger partial charge in [0.1, 0.15) is 11.9 Å². The first-order valence-electron chi connectivity index (χ1n) is 6.19. The highest BCUT2D eigenvalue weighted by Crippen LogP contribution is 2.33. The Hall–Kier alpha value is -2.48. The number of rotatable bonds is 2. The Labute approximate surface area is 121 Å². The van der Waals surface area contributed by atoms with Crippen molar-refractivity contribution >= 4 is 5.65 Å². The van der Waals surface area contributed by atoms with Crippen molar-refractivity contribution in [2.75, 3.05) is 0 Å². The van der Waals surface area contributed by atoms with E-state index in [9.17, 15) is 22.7 Å². The zero-order valence-electron chi connectivity index (χ0n) is 10.9. The molecule has 2 aromatic heterocycles. The van der Waals surface area contributed by atoms with Crippen LogP contribution in [0.4, 0.5) is 17.6 Å². The molecule has 0 aliphatic rings. The second kappa shape index (κ2) is 5.06. The highest BCUT2D eigenvalue weighted by molar-refractivity contribution is 5.40. The molecule has 1 aromatic carbocycles. The Morgan fingerprint density at radius 1 is 1.18 bits per heavy atom. The molecule has 22 heavy (non-hydrogen) atoms. The number of imidazole rings is 1. The normalized spacial score (nSPS) is 13.5. The lowest BCUT2D eigenvalue weighted by molar-refractivity contribution is -0.137. The minimum atomic E-state index is -4.62. The molecule has 8 heteroatoms. The van der Waals surface area contributed by atoms with Crippen molar-refractivity contribution in [1.82, 2.24) is 14.4 Å². The van der Waals surface area contributed by atoms with Gasteiger partial charge >= 0.3 is 6.18 Å². The van der Waals surface area contributed by atoms with Crippen LogP contribution >= 0.6 is 0 Å². The number of nitrogens with zero attached hydrogens (tertiary/aromatic N) is 3. The first-order valence-corrected chi connectivity index (χ1v) is 6.19. The van der Waals surface area contributed by atoms with Crippen molar-refractivity contribution in [3.05, 3.63) is 65.6 Å². The van der Waals surface area contributed by atoms with Gasteiger partial charge in [-0.15, -0.1) is 0 Å². The zero-order chi connectivity index (χ0) is 15.9. The fourth-order valence-corrected chi connectivity index (χ4v) is 2.15. The van der Waals surface area contributed by atoms with Gasteiger partial charge < -0.3 is 5.11 Å². The summed E-state index contributed by atoms with van der Waals surface area (Å²) in [6.07, 6.45) is -0.620. The Balaban J connectivity index is 2.10. The Kier molecular flexibility index (Phi) is 3.32. The predicted octanol–water partition coefficient (Wildman–Crippen LogP) is 2.97. The van der Waals surface area contributed by atoms with Crippen molar-refractivity contribution in [2.45, 2.75) is 12.3 Å². The van der Waals surface area contributed by atoms with E-state index in [0.29, 0.717) is 23.8 Å². The Bertz CT molecular complexity index is 828. The molecule has 0 radical (unpaired) electrons. The molecule has 0 bridgehead atoms. The molecule has 1 atom stereocenters. The Morgan fingerprint density at radius 2 is 1.95 bits per heavy atom. The van der Waals surface area contributed by atoms with E-state index >= 15 is 0 Å². The van der Waals surface area contributed by atoms with Gasteiger partial charge in [-0.3, -0.25) is 9.38 Å². The third kappa shape index (κ3) is 2.41. The van der Waals surface area contributed by atoms with E-state index in [1.807, 2.05) is 0 Å². The van der Waals surface area contributed by atoms with Crippen molar-refractivity contribution in [3.63, 3.8) is 0 Å². The van der Waals surface area contributed by atoms with E-state index in [4.69, 9.17) is 0 Å². The van der Waals surface area contributed by atoms with E-state index in [1.54, 1.807) is 0 Å². The van der Waals surface area contributed by atoms with Crippen LogP contribution in [-0.4, -0.2) is 19.5 Å². The zero-order valence-corrected chi connectivity index (χ0v) is 10.9. The molecule has 4 nitrogen and oxygen atoms in total. The van der Waals surface area contributed by atoms with Crippen LogP contribution in [0.5, 0.6) is 0 Å². The molecule has 3 rings (SSSR count). The Morgan fingerprint density at radius 3 is 2.68 bits per heavy atom. The largest absolute Gasteiger partial charge is 0.416 e. The smallest absolute Gasteiger partial charge is 0.382 e. The number of fused-ring (bicyclic) bond motifs is 1. The van der Waals surface area contributed by atoms with Crippen LogP contribution in [0.25, 0.3) is 5.65 Å². The van der Waals surface area contributed by atoms with Crippen LogP contribution in [0.15, 0.2) is 43.0 Å². The average Bonchev–Trinajstić information content (AvgIpc) is 2.89. The average molecular weight is 311 g/mol. The molecule has 0 amide bonds. The van der Waals surface area contributed by atoms with Crippen LogP contribution < -0.4 is 0 Å². The maximum absolute atomic E-state index is 13.8. The molecule has 3 aromatic rings. The second-order valence-corrected chi connectivity index (χ2v) is 4.62. The minimum Gasteiger partial charge on any atom is -0.382 e. The number of hydrogen-bond donors (Lipinski definition) is 1. The molecule has 114 valence electrons. The van der Waals surface area contributed by atoms with Gasteiger partial charge in [0.05, 0.1) is 23.7 Å². The molecule has 0 saturated carbocycles. The molecule has 1 unspecified atom stereocenters. The summed E-state index contributed by atoms with van der Waals surface area (Å²) in [6.45, 7) is 0. The summed E-state index contributed by atoms with van der Waals surface area (Å²) in [4.78, 5) is 7.80. The lowest BCUT2D eigenvalue weighted by atomic mass is 10.0. The van der Waals surface area contributed by atoms with Gasteiger partial charge in [0.25, 0.3) is 0 Å². The lowest BCUT2D eigenvalue weighted by Crippen LogP contribution is -2.10. The molecular weight excluding hydrogens is 302 g/mol. The summed E-state index contributed by atoms with van der Waals surface area (Å²) in [7, 11) is 0. The van der Waals surface area contributed by atoms with E-state index in [1.165, 1.54) is 29.2 Å². The van der Waals surface area contributed by atoms with E-state index in [0.717, 1.165) is 0 Å². The fourth-order valence-electron chi connectivity index (χ4n) is 2.15. The molecule has 0 aliphatic carbocycles. The van der Waals surface area contributed by atoms with Crippen LogP contribution in [0.3, 0.4) is 0 Å². The summed E-state index contributed by atoms with van der Waals surface area (Å²) in [5, 5.41) is 10.3. The highest BCUT2D eigenvalue weighted by Gasteiger charge is 2.32. The second-order valence-electron chi connectivity index (χ2n) is 4.62. The van der Waals surface area contributed by atoms with Gasteiger partial charge in [-0.1, -0.05) is 0 Å². The topological polar surface area (TPSA) is 50.4 Å². The number of aromatic nitrogens is 3. The van der Waals surface area contributed by atoms with Gasteiger partial charge in [0.2, 0.25) is 0 Å². The van der Waals surface area contributed by atoms with E-state index < -0.39 is 29.2 Å².